The van der Waals surface area contributed by atoms with Gasteiger partial charge in [-0.1, -0.05) is 12.1 Å². The standard InChI is InChI=1S/C16H24O4/c1-3-19-16(18)7-5-4-6-12-20-15-10-8-14(9-11-15)13(2)17/h8-11,13,17H,3-7,12H2,1-2H3. The monoisotopic (exact) mass is 280 g/mol. The molecular formula is C16H24O4. The fraction of sp³-hybridized carbons (Fsp3) is 0.562. The molecular weight excluding hydrogens is 256 g/mol. The van der Waals surface area contributed by atoms with E-state index in [1.54, 1.807) is 6.92 Å². The van der Waals surface area contributed by atoms with Crippen molar-refractivity contribution in [3.05, 3.63) is 29.8 Å². The molecule has 1 rings (SSSR count). The maximum atomic E-state index is 11.1. The Morgan fingerprint density at radius 3 is 2.50 bits per heavy atom. The Kier molecular flexibility index (Phi) is 7.73. The van der Waals surface area contributed by atoms with Gasteiger partial charge in [-0.15, -0.1) is 0 Å². The molecule has 0 saturated heterocycles. The van der Waals surface area contributed by atoms with Crippen molar-refractivity contribution in [2.75, 3.05) is 13.2 Å². The van der Waals surface area contributed by atoms with Crippen molar-refractivity contribution in [3.63, 3.8) is 0 Å². The van der Waals surface area contributed by atoms with Crippen LogP contribution in [0.15, 0.2) is 24.3 Å². The molecule has 112 valence electrons. The third-order valence-electron chi connectivity index (χ3n) is 2.96. The molecule has 0 saturated carbocycles. The van der Waals surface area contributed by atoms with Gasteiger partial charge in [0.15, 0.2) is 0 Å². The van der Waals surface area contributed by atoms with Crippen LogP contribution in [0.1, 0.15) is 51.2 Å². The minimum Gasteiger partial charge on any atom is -0.494 e. The number of benzene rings is 1. The maximum absolute atomic E-state index is 11.1. The van der Waals surface area contributed by atoms with Crippen LogP contribution in [0, 0.1) is 0 Å². The Labute approximate surface area is 120 Å². The van der Waals surface area contributed by atoms with Crippen LogP contribution in [0.25, 0.3) is 0 Å². The topological polar surface area (TPSA) is 55.8 Å². The van der Waals surface area contributed by atoms with Gasteiger partial charge in [0.1, 0.15) is 5.75 Å². The van der Waals surface area contributed by atoms with Gasteiger partial charge in [0.2, 0.25) is 0 Å². The maximum Gasteiger partial charge on any atom is 0.305 e. The third-order valence-corrected chi connectivity index (χ3v) is 2.96. The zero-order chi connectivity index (χ0) is 14.8. The van der Waals surface area contributed by atoms with Crippen molar-refractivity contribution in [1.82, 2.24) is 0 Å². The lowest BCUT2D eigenvalue weighted by Crippen LogP contribution is -2.04. The minimum absolute atomic E-state index is 0.123. The van der Waals surface area contributed by atoms with E-state index in [4.69, 9.17) is 9.47 Å². The zero-order valence-electron chi connectivity index (χ0n) is 12.3. The molecule has 0 heterocycles. The molecule has 0 bridgehead atoms. The van der Waals surface area contributed by atoms with E-state index in [2.05, 4.69) is 0 Å². The van der Waals surface area contributed by atoms with Gasteiger partial charge < -0.3 is 14.6 Å². The van der Waals surface area contributed by atoms with E-state index in [0.29, 0.717) is 19.6 Å². The average Bonchev–Trinajstić information content (AvgIpc) is 2.43. The second kappa shape index (κ2) is 9.37. The predicted octanol–water partition coefficient (Wildman–Crippen LogP) is 3.24. The van der Waals surface area contributed by atoms with Crippen LogP contribution in [-0.4, -0.2) is 24.3 Å². The quantitative estimate of drug-likeness (QED) is 0.557. The molecule has 20 heavy (non-hydrogen) atoms. The van der Waals surface area contributed by atoms with Gasteiger partial charge in [0.25, 0.3) is 0 Å². The van der Waals surface area contributed by atoms with Gasteiger partial charge in [-0.2, -0.15) is 0 Å². The van der Waals surface area contributed by atoms with E-state index >= 15 is 0 Å². The number of rotatable bonds is 9. The number of hydrogen-bond acceptors (Lipinski definition) is 4. The molecule has 4 nitrogen and oxygen atoms in total. The van der Waals surface area contributed by atoms with Gasteiger partial charge in [-0.05, 0) is 50.8 Å². The molecule has 0 radical (unpaired) electrons. The number of carbonyl (C=O) groups excluding carboxylic acids is 1. The summed E-state index contributed by atoms with van der Waals surface area (Å²) in [5.41, 5.74) is 0.881. The van der Waals surface area contributed by atoms with E-state index < -0.39 is 6.10 Å². The van der Waals surface area contributed by atoms with Crippen LogP contribution >= 0.6 is 0 Å². The fourth-order valence-electron chi connectivity index (χ4n) is 1.81. The van der Waals surface area contributed by atoms with Crippen molar-refractivity contribution in [3.8, 4) is 5.75 Å². The summed E-state index contributed by atoms with van der Waals surface area (Å²) in [7, 11) is 0. The van der Waals surface area contributed by atoms with Gasteiger partial charge in [-0.25, -0.2) is 0 Å². The first kappa shape index (κ1) is 16.5. The van der Waals surface area contributed by atoms with Crippen molar-refractivity contribution in [1.29, 1.82) is 0 Å². The highest BCUT2D eigenvalue weighted by atomic mass is 16.5. The highest BCUT2D eigenvalue weighted by Gasteiger charge is 2.02. The highest BCUT2D eigenvalue weighted by Crippen LogP contribution is 2.17. The van der Waals surface area contributed by atoms with Crippen LogP contribution in [0.4, 0.5) is 0 Å². The van der Waals surface area contributed by atoms with E-state index in [1.165, 1.54) is 0 Å². The van der Waals surface area contributed by atoms with Gasteiger partial charge >= 0.3 is 5.97 Å². The first-order valence-electron chi connectivity index (χ1n) is 7.20. The van der Waals surface area contributed by atoms with Crippen LogP contribution in [0.5, 0.6) is 5.75 Å². The number of carbonyl (C=O) groups is 1. The Bertz CT molecular complexity index is 384. The summed E-state index contributed by atoms with van der Waals surface area (Å²) < 4.78 is 10.5. The van der Waals surface area contributed by atoms with Gasteiger partial charge in [-0.3, -0.25) is 4.79 Å². The Hall–Kier alpha value is -1.55. The molecule has 0 spiro atoms. The second-order valence-corrected chi connectivity index (χ2v) is 4.71. The summed E-state index contributed by atoms with van der Waals surface area (Å²) in [6.07, 6.45) is 2.73. The lowest BCUT2D eigenvalue weighted by atomic mass is 10.1. The van der Waals surface area contributed by atoms with E-state index in [1.807, 2.05) is 31.2 Å². The lowest BCUT2D eigenvalue weighted by Gasteiger charge is -2.08. The summed E-state index contributed by atoms with van der Waals surface area (Å²) in [4.78, 5) is 11.1. The molecule has 1 aromatic carbocycles. The number of unbranched alkanes of at least 4 members (excludes halogenated alkanes) is 2. The Morgan fingerprint density at radius 2 is 1.90 bits per heavy atom. The number of aliphatic hydroxyl groups excluding tert-OH is 1. The van der Waals surface area contributed by atoms with Crippen molar-refractivity contribution in [2.24, 2.45) is 0 Å². The van der Waals surface area contributed by atoms with E-state index in [0.717, 1.165) is 30.6 Å². The number of esters is 1. The Morgan fingerprint density at radius 1 is 1.20 bits per heavy atom. The summed E-state index contributed by atoms with van der Waals surface area (Å²) >= 11 is 0. The van der Waals surface area contributed by atoms with Crippen molar-refractivity contribution < 1.29 is 19.4 Å². The molecule has 0 fully saturated rings. The average molecular weight is 280 g/mol. The molecule has 0 aliphatic heterocycles. The molecule has 1 N–H and O–H groups in total. The summed E-state index contributed by atoms with van der Waals surface area (Å²) in [5, 5.41) is 9.39. The highest BCUT2D eigenvalue weighted by molar-refractivity contribution is 5.69. The van der Waals surface area contributed by atoms with Crippen LogP contribution in [-0.2, 0) is 9.53 Å². The van der Waals surface area contributed by atoms with E-state index in [9.17, 15) is 9.90 Å². The summed E-state index contributed by atoms with van der Waals surface area (Å²) in [5.74, 6) is 0.682. The van der Waals surface area contributed by atoms with Crippen LogP contribution in [0.2, 0.25) is 0 Å². The molecule has 1 atom stereocenters. The first-order chi connectivity index (χ1) is 9.63. The van der Waals surface area contributed by atoms with Crippen molar-refractivity contribution >= 4 is 5.97 Å². The second-order valence-electron chi connectivity index (χ2n) is 4.71. The Balaban J connectivity index is 2.10. The molecule has 1 unspecified atom stereocenters. The van der Waals surface area contributed by atoms with Crippen molar-refractivity contribution in [2.45, 2.75) is 45.6 Å². The van der Waals surface area contributed by atoms with Gasteiger partial charge in [0, 0.05) is 6.42 Å². The molecule has 1 aromatic rings. The summed E-state index contributed by atoms with van der Waals surface area (Å²) in [6, 6.07) is 7.45. The SMILES string of the molecule is CCOC(=O)CCCCCOc1ccc(C(C)O)cc1. The molecule has 0 aliphatic rings. The van der Waals surface area contributed by atoms with Gasteiger partial charge in [0.05, 0.1) is 19.3 Å². The molecule has 0 aliphatic carbocycles. The third kappa shape index (κ3) is 6.57. The fourth-order valence-corrected chi connectivity index (χ4v) is 1.81. The van der Waals surface area contributed by atoms with Crippen LogP contribution < -0.4 is 4.74 Å². The largest absolute Gasteiger partial charge is 0.494 e. The lowest BCUT2D eigenvalue weighted by molar-refractivity contribution is -0.143. The molecule has 0 aromatic heterocycles. The minimum atomic E-state index is -0.452. The zero-order valence-corrected chi connectivity index (χ0v) is 12.3. The smallest absolute Gasteiger partial charge is 0.305 e. The first-order valence-corrected chi connectivity index (χ1v) is 7.20. The number of hydrogen-bond donors (Lipinski definition) is 1. The summed E-state index contributed by atoms with van der Waals surface area (Å²) in [6.45, 7) is 4.63. The number of ether oxygens (including phenoxy) is 2. The predicted molar refractivity (Wildman–Crippen MR) is 77.7 cm³/mol. The van der Waals surface area contributed by atoms with E-state index in [-0.39, 0.29) is 5.97 Å². The molecule has 0 amide bonds. The van der Waals surface area contributed by atoms with Crippen LogP contribution in [0.3, 0.4) is 0 Å². The molecule has 4 heteroatoms. The normalized spacial score (nSPS) is 11.9. The number of aliphatic hydroxyl groups is 1.